The predicted molar refractivity (Wildman–Crippen MR) is 102 cm³/mol. The molecule has 0 amide bonds. The largest absolute Gasteiger partial charge is 0.393 e. The Balaban J connectivity index is 1.78. The molecule has 2 N–H and O–H groups in total. The van der Waals surface area contributed by atoms with E-state index in [0.717, 1.165) is 32.1 Å². The lowest BCUT2D eigenvalue weighted by Gasteiger charge is -2.60. The summed E-state index contributed by atoms with van der Waals surface area (Å²) < 4.78 is 0. The van der Waals surface area contributed by atoms with Crippen molar-refractivity contribution >= 4 is 11.6 Å². The molecule has 7 heteroatoms. The summed E-state index contributed by atoms with van der Waals surface area (Å²) in [4.78, 5) is 29.1. The Bertz CT molecular complexity index is 761. The van der Waals surface area contributed by atoms with E-state index >= 15 is 0 Å². The van der Waals surface area contributed by atoms with E-state index < -0.39 is 17.1 Å². The number of ketones is 2. The Labute approximate surface area is 165 Å². The number of aliphatic hydroxyl groups is 2. The van der Waals surface area contributed by atoms with E-state index in [4.69, 9.17) is 5.53 Å². The third-order valence-corrected chi connectivity index (χ3v) is 9.29. The van der Waals surface area contributed by atoms with Crippen LogP contribution in [-0.2, 0) is 9.59 Å². The van der Waals surface area contributed by atoms with Gasteiger partial charge in [0.05, 0.1) is 12.2 Å². The number of azide groups is 1. The van der Waals surface area contributed by atoms with Gasteiger partial charge in [-0.1, -0.05) is 19.0 Å². The fraction of sp³-hybridized carbons (Fsp3) is 0.905. The first-order chi connectivity index (χ1) is 13.1. The second kappa shape index (κ2) is 6.28. The fourth-order valence-electron chi connectivity index (χ4n) is 8.02. The topological polar surface area (TPSA) is 123 Å². The highest BCUT2D eigenvalue weighted by atomic mass is 16.3. The SMILES string of the molecule is CC(=O)C1(N=[N+]=[N-])C(O)CC2C3CCC4CC(O)CCC4(C)C3C(=O)CC21C. The summed E-state index contributed by atoms with van der Waals surface area (Å²) in [6.07, 6.45) is 3.37. The van der Waals surface area contributed by atoms with Gasteiger partial charge in [0.25, 0.3) is 0 Å². The Morgan fingerprint density at radius 1 is 1.21 bits per heavy atom. The number of carbonyl (C=O) groups is 2. The molecule has 28 heavy (non-hydrogen) atoms. The van der Waals surface area contributed by atoms with E-state index in [0.29, 0.717) is 12.3 Å². The van der Waals surface area contributed by atoms with Crippen LogP contribution < -0.4 is 0 Å². The van der Waals surface area contributed by atoms with Gasteiger partial charge in [0.2, 0.25) is 0 Å². The highest BCUT2D eigenvalue weighted by Crippen LogP contribution is 2.68. The van der Waals surface area contributed by atoms with Gasteiger partial charge >= 0.3 is 0 Å². The summed E-state index contributed by atoms with van der Waals surface area (Å²) in [6.45, 7) is 5.44. The molecule has 0 aromatic carbocycles. The van der Waals surface area contributed by atoms with E-state index in [9.17, 15) is 19.8 Å². The molecule has 0 aromatic heterocycles. The van der Waals surface area contributed by atoms with Crippen molar-refractivity contribution < 1.29 is 19.8 Å². The molecule has 4 fully saturated rings. The summed E-state index contributed by atoms with van der Waals surface area (Å²) in [7, 11) is 0. The van der Waals surface area contributed by atoms with Gasteiger partial charge < -0.3 is 10.2 Å². The standard InChI is InChI=1S/C21H31N3O4/c1-11(25)21(23-24-22)17(28)9-15-14-5-4-12-8-13(26)6-7-19(12,2)18(14)16(27)10-20(15,21)3/h12-15,17-18,26,28H,4-10H2,1-3H3. The van der Waals surface area contributed by atoms with Crippen LogP contribution in [0.1, 0.15) is 65.7 Å². The van der Waals surface area contributed by atoms with E-state index in [2.05, 4.69) is 16.9 Å². The first kappa shape index (κ1) is 19.9. The molecular weight excluding hydrogens is 358 g/mol. The van der Waals surface area contributed by atoms with Crippen LogP contribution in [0.3, 0.4) is 0 Å². The molecule has 4 aliphatic carbocycles. The van der Waals surface area contributed by atoms with Crippen molar-refractivity contribution in [2.75, 3.05) is 0 Å². The molecular formula is C21H31N3O4. The average Bonchev–Trinajstić information content (AvgIpc) is 2.84. The molecule has 154 valence electrons. The van der Waals surface area contributed by atoms with Gasteiger partial charge in [-0.05, 0) is 79.6 Å². The van der Waals surface area contributed by atoms with Crippen LogP contribution in [0.5, 0.6) is 0 Å². The Hall–Kier alpha value is -1.43. The molecule has 7 nitrogen and oxygen atoms in total. The highest BCUT2D eigenvalue weighted by molar-refractivity contribution is 5.92. The second-order valence-corrected chi connectivity index (χ2v) is 10.3. The molecule has 4 rings (SSSR count). The third kappa shape index (κ3) is 2.27. The molecule has 4 saturated carbocycles. The normalized spacial score (nSPS) is 52.8. The number of carbonyl (C=O) groups excluding carboxylic acids is 2. The molecule has 0 saturated heterocycles. The zero-order valence-corrected chi connectivity index (χ0v) is 17.0. The minimum Gasteiger partial charge on any atom is -0.393 e. The molecule has 0 heterocycles. The zero-order valence-electron chi connectivity index (χ0n) is 17.0. The molecule has 0 spiro atoms. The van der Waals surface area contributed by atoms with Gasteiger partial charge in [0.1, 0.15) is 17.1 Å². The van der Waals surface area contributed by atoms with Crippen LogP contribution in [0.25, 0.3) is 10.4 Å². The van der Waals surface area contributed by atoms with Crippen molar-refractivity contribution in [2.45, 2.75) is 83.5 Å². The maximum Gasteiger partial charge on any atom is 0.145 e. The quantitative estimate of drug-likeness (QED) is 0.427. The van der Waals surface area contributed by atoms with Crippen LogP contribution in [-0.4, -0.2) is 39.5 Å². The number of fused-ring (bicyclic) bond motifs is 5. The van der Waals surface area contributed by atoms with E-state index in [1.54, 1.807) is 0 Å². The zero-order chi connectivity index (χ0) is 20.5. The second-order valence-electron chi connectivity index (χ2n) is 10.3. The van der Waals surface area contributed by atoms with Crippen molar-refractivity contribution in [2.24, 2.45) is 39.6 Å². The van der Waals surface area contributed by atoms with Gasteiger partial charge in [-0.3, -0.25) is 9.59 Å². The van der Waals surface area contributed by atoms with Crippen LogP contribution >= 0.6 is 0 Å². The summed E-state index contributed by atoms with van der Waals surface area (Å²) >= 11 is 0. The number of aliphatic hydroxyl groups excluding tert-OH is 2. The van der Waals surface area contributed by atoms with Crippen molar-refractivity contribution in [1.82, 2.24) is 0 Å². The van der Waals surface area contributed by atoms with Gasteiger partial charge in [-0.15, -0.1) is 0 Å². The van der Waals surface area contributed by atoms with Gasteiger partial charge in [0, 0.05) is 17.3 Å². The lowest BCUT2D eigenvalue weighted by Crippen LogP contribution is -2.62. The minimum absolute atomic E-state index is 0.0239. The Morgan fingerprint density at radius 3 is 2.57 bits per heavy atom. The molecule has 0 bridgehead atoms. The summed E-state index contributed by atoms with van der Waals surface area (Å²) in [6, 6.07) is 0. The van der Waals surface area contributed by atoms with Gasteiger partial charge in [-0.2, -0.15) is 0 Å². The van der Waals surface area contributed by atoms with Crippen LogP contribution in [0, 0.1) is 34.5 Å². The molecule has 9 atom stereocenters. The van der Waals surface area contributed by atoms with Crippen molar-refractivity contribution in [3.05, 3.63) is 10.4 Å². The molecule has 4 aliphatic rings. The minimum atomic E-state index is -1.56. The average molecular weight is 389 g/mol. The fourth-order valence-corrected chi connectivity index (χ4v) is 8.02. The Kier molecular flexibility index (Phi) is 4.46. The lowest BCUT2D eigenvalue weighted by molar-refractivity contribution is -0.163. The highest BCUT2D eigenvalue weighted by Gasteiger charge is 2.71. The molecule has 9 unspecified atom stereocenters. The van der Waals surface area contributed by atoms with E-state index in [1.165, 1.54) is 6.92 Å². The summed E-state index contributed by atoms with van der Waals surface area (Å²) in [5.74, 6) is 0.0938. The number of nitrogens with zero attached hydrogens (tertiary/aromatic N) is 3. The smallest absolute Gasteiger partial charge is 0.145 e. The molecule has 0 radical (unpaired) electrons. The summed E-state index contributed by atoms with van der Waals surface area (Å²) in [5, 5.41) is 24.9. The Morgan fingerprint density at radius 2 is 1.93 bits per heavy atom. The van der Waals surface area contributed by atoms with Gasteiger partial charge in [-0.25, -0.2) is 0 Å². The molecule has 0 aliphatic heterocycles. The third-order valence-electron chi connectivity index (χ3n) is 9.29. The maximum atomic E-state index is 13.5. The van der Waals surface area contributed by atoms with Gasteiger partial charge in [0.15, 0.2) is 0 Å². The van der Waals surface area contributed by atoms with Crippen molar-refractivity contribution in [1.29, 1.82) is 0 Å². The first-order valence-corrected chi connectivity index (χ1v) is 10.6. The van der Waals surface area contributed by atoms with Crippen molar-refractivity contribution in [3.63, 3.8) is 0 Å². The van der Waals surface area contributed by atoms with E-state index in [1.807, 2.05) is 6.92 Å². The first-order valence-electron chi connectivity index (χ1n) is 10.6. The molecule has 0 aromatic rings. The number of rotatable bonds is 2. The number of hydrogen-bond donors (Lipinski definition) is 2. The van der Waals surface area contributed by atoms with Crippen LogP contribution in [0.15, 0.2) is 5.11 Å². The number of Topliss-reactive ketones (excluding diaryl/α,β-unsaturated/α-hetero) is 2. The maximum absolute atomic E-state index is 13.5. The lowest BCUT2D eigenvalue weighted by atomic mass is 9.43. The van der Waals surface area contributed by atoms with Crippen LogP contribution in [0.4, 0.5) is 0 Å². The monoisotopic (exact) mass is 389 g/mol. The predicted octanol–water partition coefficient (Wildman–Crippen LogP) is 3.18. The van der Waals surface area contributed by atoms with Crippen LogP contribution in [0.2, 0.25) is 0 Å². The van der Waals surface area contributed by atoms with E-state index in [-0.39, 0.29) is 47.3 Å². The summed E-state index contributed by atoms with van der Waals surface area (Å²) in [5.41, 5.74) is 6.63. The number of hydrogen-bond acceptors (Lipinski definition) is 5. The van der Waals surface area contributed by atoms with Crippen molar-refractivity contribution in [3.8, 4) is 0 Å².